The molecule has 4 heteroatoms. The molecule has 1 saturated carbocycles. The van der Waals surface area contributed by atoms with Gasteiger partial charge in [-0.05, 0) is 37.3 Å². The summed E-state index contributed by atoms with van der Waals surface area (Å²) in [6.07, 6.45) is 7.80. The van der Waals surface area contributed by atoms with Crippen LogP contribution >= 0.6 is 11.3 Å². The molecule has 3 nitrogen and oxygen atoms in total. The Bertz CT molecular complexity index is 457. The van der Waals surface area contributed by atoms with Crippen LogP contribution < -0.4 is 5.32 Å². The Morgan fingerprint density at radius 1 is 1.47 bits per heavy atom. The molecule has 2 aromatic rings. The molecule has 0 spiro atoms. The average Bonchev–Trinajstić information content (AvgIpc) is 2.82. The van der Waals surface area contributed by atoms with Gasteiger partial charge < -0.3 is 9.88 Å². The quantitative estimate of drug-likeness (QED) is 0.795. The Balaban J connectivity index is 1.57. The highest BCUT2D eigenvalue weighted by atomic mass is 32.1. The molecular formula is C13H17N3S. The van der Waals surface area contributed by atoms with Crippen LogP contribution in [0, 0.1) is 0 Å². The van der Waals surface area contributed by atoms with Gasteiger partial charge in [-0.25, -0.2) is 4.98 Å². The predicted molar refractivity (Wildman–Crippen MR) is 71.2 cm³/mol. The number of aromatic nitrogens is 2. The van der Waals surface area contributed by atoms with Gasteiger partial charge in [0.05, 0.1) is 23.1 Å². The summed E-state index contributed by atoms with van der Waals surface area (Å²) in [7, 11) is 0. The van der Waals surface area contributed by atoms with Crippen LogP contribution in [0.2, 0.25) is 0 Å². The van der Waals surface area contributed by atoms with Crippen molar-refractivity contribution in [3.05, 3.63) is 30.0 Å². The van der Waals surface area contributed by atoms with Crippen LogP contribution in [0.4, 0.5) is 0 Å². The van der Waals surface area contributed by atoms with Crippen molar-refractivity contribution in [2.75, 3.05) is 6.54 Å². The maximum absolute atomic E-state index is 4.25. The second kappa shape index (κ2) is 5.02. The largest absolute Gasteiger partial charge is 0.330 e. The van der Waals surface area contributed by atoms with E-state index >= 15 is 0 Å². The summed E-state index contributed by atoms with van der Waals surface area (Å²) in [5, 5.41) is 5.65. The fourth-order valence-corrected chi connectivity index (χ4v) is 2.72. The van der Waals surface area contributed by atoms with E-state index < -0.39 is 0 Å². The molecule has 0 radical (unpaired) electrons. The van der Waals surface area contributed by atoms with Crippen LogP contribution in [-0.4, -0.2) is 22.1 Å². The van der Waals surface area contributed by atoms with Crippen molar-refractivity contribution in [3.63, 3.8) is 0 Å². The summed E-state index contributed by atoms with van der Waals surface area (Å²) in [5.41, 5.74) is 1.24. The first-order valence-electron chi connectivity index (χ1n) is 6.21. The minimum atomic E-state index is 0.814. The molecule has 0 aliphatic heterocycles. The van der Waals surface area contributed by atoms with Crippen molar-refractivity contribution < 1.29 is 0 Å². The summed E-state index contributed by atoms with van der Waals surface area (Å²) < 4.78 is 2.25. The van der Waals surface area contributed by atoms with Crippen molar-refractivity contribution in [1.29, 1.82) is 0 Å². The zero-order valence-electron chi connectivity index (χ0n) is 9.80. The lowest BCUT2D eigenvalue weighted by Crippen LogP contribution is -2.18. The second-order valence-electron chi connectivity index (χ2n) is 4.53. The third kappa shape index (κ3) is 2.76. The topological polar surface area (TPSA) is 29.9 Å². The van der Waals surface area contributed by atoms with Gasteiger partial charge in [0.15, 0.2) is 0 Å². The van der Waals surface area contributed by atoms with Crippen molar-refractivity contribution >= 4 is 11.3 Å². The van der Waals surface area contributed by atoms with Crippen LogP contribution in [0.3, 0.4) is 0 Å². The van der Waals surface area contributed by atoms with E-state index in [2.05, 4.69) is 32.4 Å². The van der Waals surface area contributed by atoms with Gasteiger partial charge in [-0.1, -0.05) is 6.07 Å². The highest BCUT2D eigenvalue weighted by molar-refractivity contribution is 7.13. The molecular weight excluding hydrogens is 230 g/mol. The van der Waals surface area contributed by atoms with E-state index in [0.29, 0.717) is 0 Å². The first kappa shape index (κ1) is 11.0. The Hall–Kier alpha value is -1.13. The van der Waals surface area contributed by atoms with Crippen molar-refractivity contribution in [1.82, 2.24) is 14.9 Å². The van der Waals surface area contributed by atoms with Gasteiger partial charge in [0.2, 0.25) is 0 Å². The van der Waals surface area contributed by atoms with E-state index in [1.54, 1.807) is 11.3 Å². The maximum atomic E-state index is 4.25. The monoisotopic (exact) mass is 247 g/mol. The molecule has 3 rings (SSSR count). The summed E-state index contributed by atoms with van der Waals surface area (Å²) in [6.45, 7) is 2.17. The average molecular weight is 247 g/mol. The van der Waals surface area contributed by atoms with Gasteiger partial charge in [-0.15, -0.1) is 11.3 Å². The van der Waals surface area contributed by atoms with E-state index in [-0.39, 0.29) is 0 Å². The fraction of sp³-hybridized carbons (Fsp3) is 0.462. The number of hydrogen-bond donors (Lipinski definition) is 1. The fourth-order valence-electron chi connectivity index (χ4n) is 1.97. The highest BCUT2D eigenvalue weighted by Gasteiger charge is 2.19. The molecule has 0 unspecified atom stereocenters. The minimum Gasteiger partial charge on any atom is -0.330 e. The van der Waals surface area contributed by atoms with Gasteiger partial charge >= 0.3 is 0 Å². The van der Waals surface area contributed by atoms with Crippen LogP contribution in [0.15, 0.2) is 30.0 Å². The van der Waals surface area contributed by atoms with Gasteiger partial charge in [0.1, 0.15) is 0 Å². The number of nitrogens with zero attached hydrogens (tertiary/aromatic N) is 2. The third-order valence-electron chi connectivity index (χ3n) is 3.07. The molecule has 0 saturated heterocycles. The minimum absolute atomic E-state index is 0.814. The lowest BCUT2D eigenvalue weighted by Gasteiger charge is -2.07. The second-order valence-corrected chi connectivity index (χ2v) is 5.48. The first-order chi connectivity index (χ1) is 8.43. The lowest BCUT2D eigenvalue weighted by molar-refractivity contribution is 0.581. The molecule has 2 aromatic heterocycles. The van der Waals surface area contributed by atoms with Gasteiger partial charge in [-0.3, -0.25) is 0 Å². The molecule has 0 amide bonds. The molecule has 0 aromatic carbocycles. The normalized spacial score (nSPS) is 15.3. The number of thiophene rings is 1. The summed E-state index contributed by atoms with van der Waals surface area (Å²) >= 11 is 1.77. The highest BCUT2D eigenvalue weighted by Crippen LogP contribution is 2.24. The SMILES string of the molecule is c1csc(-c2cncn2CCCNC2CC2)c1. The number of nitrogens with one attached hydrogen (secondary N) is 1. The lowest BCUT2D eigenvalue weighted by atomic mass is 10.3. The van der Waals surface area contributed by atoms with Gasteiger partial charge in [-0.2, -0.15) is 0 Å². The summed E-state index contributed by atoms with van der Waals surface area (Å²) in [5.74, 6) is 0. The maximum Gasteiger partial charge on any atom is 0.0951 e. The van der Waals surface area contributed by atoms with E-state index in [1.807, 2.05) is 12.5 Å². The van der Waals surface area contributed by atoms with Crippen LogP contribution in [0.25, 0.3) is 10.6 Å². The van der Waals surface area contributed by atoms with Crippen LogP contribution in [-0.2, 0) is 6.54 Å². The Morgan fingerprint density at radius 2 is 2.41 bits per heavy atom. The van der Waals surface area contributed by atoms with Crippen molar-refractivity contribution in [3.8, 4) is 10.6 Å². The Kier molecular flexibility index (Phi) is 3.25. The first-order valence-corrected chi connectivity index (χ1v) is 7.09. The predicted octanol–water partition coefficient (Wildman–Crippen LogP) is 2.75. The summed E-state index contributed by atoms with van der Waals surface area (Å²) in [6, 6.07) is 5.06. The molecule has 0 bridgehead atoms. The van der Waals surface area contributed by atoms with Crippen molar-refractivity contribution in [2.24, 2.45) is 0 Å². The molecule has 1 aliphatic carbocycles. The standard InChI is InChI=1S/C13H17N3S/c1-3-13(17-8-1)12-9-14-10-16(12)7-2-6-15-11-4-5-11/h1,3,8-11,15H,2,4-7H2. The molecule has 2 heterocycles. The Morgan fingerprint density at radius 3 is 3.18 bits per heavy atom. The smallest absolute Gasteiger partial charge is 0.0951 e. The molecule has 1 N–H and O–H groups in total. The van der Waals surface area contributed by atoms with Crippen LogP contribution in [0.5, 0.6) is 0 Å². The van der Waals surface area contributed by atoms with E-state index in [9.17, 15) is 0 Å². The summed E-state index contributed by atoms with van der Waals surface area (Å²) in [4.78, 5) is 5.56. The van der Waals surface area contributed by atoms with E-state index in [1.165, 1.54) is 29.8 Å². The molecule has 1 fully saturated rings. The van der Waals surface area contributed by atoms with Gasteiger partial charge in [0.25, 0.3) is 0 Å². The number of rotatable bonds is 6. The van der Waals surface area contributed by atoms with Crippen LogP contribution in [0.1, 0.15) is 19.3 Å². The molecule has 90 valence electrons. The molecule has 1 aliphatic rings. The zero-order valence-corrected chi connectivity index (χ0v) is 10.6. The molecule has 0 atom stereocenters. The van der Waals surface area contributed by atoms with Gasteiger partial charge in [0, 0.05) is 12.6 Å². The van der Waals surface area contributed by atoms with Crippen molar-refractivity contribution in [2.45, 2.75) is 31.8 Å². The third-order valence-corrected chi connectivity index (χ3v) is 3.96. The van der Waals surface area contributed by atoms with E-state index in [4.69, 9.17) is 0 Å². The number of aryl methyl sites for hydroxylation is 1. The number of hydrogen-bond acceptors (Lipinski definition) is 3. The number of imidazole rings is 1. The molecule has 17 heavy (non-hydrogen) atoms. The Labute approximate surface area is 106 Å². The zero-order chi connectivity index (χ0) is 11.5. The van der Waals surface area contributed by atoms with E-state index in [0.717, 1.165) is 19.1 Å².